The van der Waals surface area contributed by atoms with Crippen molar-refractivity contribution in [3.05, 3.63) is 53.6 Å². The smallest absolute Gasteiger partial charge is 0.123 e. The minimum Gasteiger partial charge on any atom is -0.507 e. The molecule has 0 bridgehead atoms. The summed E-state index contributed by atoms with van der Waals surface area (Å²) < 4.78 is 0. The molecule has 0 aliphatic carbocycles. The summed E-state index contributed by atoms with van der Waals surface area (Å²) >= 11 is 0. The Hall–Kier alpha value is -1.76. The second kappa shape index (κ2) is 5.48. The molecule has 0 aromatic heterocycles. The minimum absolute atomic E-state index is 0.368. The Labute approximate surface area is 115 Å². The summed E-state index contributed by atoms with van der Waals surface area (Å²) in [5.41, 5.74) is 4.46. The van der Waals surface area contributed by atoms with Crippen molar-refractivity contribution < 1.29 is 5.11 Å². The van der Waals surface area contributed by atoms with Gasteiger partial charge in [0.2, 0.25) is 0 Å². The van der Waals surface area contributed by atoms with Crippen LogP contribution in [0.5, 0.6) is 5.75 Å². The molecular weight excluding hydrogens is 232 g/mol. The Morgan fingerprint density at radius 3 is 2.00 bits per heavy atom. The van der Waals surface area contributed by atoms with Crippen LogP contribution in [-0.4, -0.2) is 5.11 Å². The van der Waals surface area contributed by atoms with Gasteiger partial charge in [-0.1, -0.05) is 64.1 Å². The van der Waals surface area contributed by atoms with Crippen LogP contribution in [0.2, 0.25) is 0 Å². The second-order valence-corrected chi connectivity index (χ2v) is 5.71. The van der Waals surface area contributed by atoms with E-state index in [4.69, 9.17) is 0 Å². The van der Waals surface area contributed by atoms with Gasteiger partial charge in [-0.05, 0) is 34.6 Å². The molecule has 0 aliphatic rings. The van der Waals surface area contributed by atoms with Crippen molar-refractivity contribution in [3.63, 3.8) is 0 Å². The summed E-state index contributed by atoms with van der Waals surface area (Å²) in [5.74, 6) is 1.30. The van der Waals surface area contributed by atoms with Gasteiger partial charge in [0.05, 0.1) is 0 Å². The van der Waals surface area contributed by atoms with Gasteiger partial charge in [0.1, 0.15) is 5.75 Å². The molecule has 0 aliphatic heterocycles. The van der Waals surface area contributed by atoms with E-state index < -0.39 is 0 Å². The van der Waals surface area contributed by atoms with Crippen LogP contribution < -0.4 is 0 Å². The lowest BCUT2D eigenvalue weighted by atomic mass is 9.94. The molecule has 0 saturated heterocycles. The first-order chi connectivity index (χ1) is 8.99. The van der Waals surface area contributed by atoms with Crippen molar-refractivity contribution >= 4 is 0 Å². The van der Waals surface area contributed by atoms with E-state index in [1.807, 2.05) is 12.1 Å². The van der Waals surface area contributed by atoms with Gasteiger partial charge < -0.3 is 5.11 Å². The van der Waals surface area contributed by atoms with Gasteiger partial charge in [0.15, 0.2) is 0 Å². The first-order valence-corrected chi connectivity index (χ1v) is 6.92. The summed E-state index contributed by atoms with van der Waals surface area (Å²) in [6, 6.07) is 14.4. The largest absolute Gasteiger partial charge is 0.507 e. The predicted molar refractivity (Wildman–Crippen MR) is 81.7 cm³/mol. The second-order valence-electron chi connectivity index (χ2n) is 5.71. The van der Waals surface area contributed by atoms with Crippen LogP contribution in [0.1, 0.15) is 50.7 Å². The maximum Gasteiger partial charge on any atom is 0.123 e. The fourth-order valence-electron chi connectivity index (χ4n) is 2.22. The molecule has 1 nitrogen and oxygen atoms in total. The molecule has 0 atom stereocenters. The minimum atomic E-state index is 0.368. The Bertz CT molecular complexity index is 568. The molecule has 1 N–H and O–H groups in total. The van der Waals surface area contributed by atoms with Gasteiger partial charge >= 0.3 is 0 Å². The zero-order chi connectivity index (χ0) is 14.0. The van der Waals surface area contributed by atoms with E-state index in [0.717, 1.165) is 11.1 Å². The van der Waals surface area contributed by atoms with E-state index in [1.54, 1.807) is 0 Å². The lowest BCUT2D eigenvalue weighted by Crippen LogP contribution is -1.90. The molecule has 0 unspecified atom stereocenters. The van der Waals surface area contributed by atoms with Crippen LogP contribution in [0.15, 0.2) is 42.5 Å². The van der Waals surface area contributed by atoms with E-state index in [2.05, 4.69) is 58.0 Å². The molecule has 2 rings (SSSR count). The zero-order valence-corrected chi connectivity index (χ0v) is 12.1. The molecule has 0 amide bonds. The highest BCUT2D eigenvalue weighted by Gasteiger charge is 2.08. The van der Waals surface area contributed by atoms with Crippen LogP contribution in [0, 0.1) is 0 Å². The van der Waals surface area contributed by atoms with Crippen molar-refractivity contribution in [1.29, 1.82) is 0 Å². The Morgan fingerprint density at radius 1 is 0.789 bits per heavy atom. The third-order valence-electron chi connectivity index (χ3n) is 3.55. The molecule has 0 saturated carbocycles. The molecule has 2 aromatic carbocycles. The van der Waals surface area contributed by atoms with E-state index >= 15 is 0 Å². The number of hydrogen-bond donors (Lipinski definition) is 1. The van der Waals surface area contributed by atoms with Gasteiger partial charge in [0, 0.05) is 5.56 Å². The Kier molecular flexibility index (Phi) is 3.94. The van der Waals surface area contributed by atoms with Gasteiger partial charge in [-0.3, -0.25) is 0 Å². The molecule has 100 valence electrons. The lowest BCUT2D eigenvalue weighted by Gasteiger charge is -2.12. The molecule has 0 spiro atoms. The highest BCUT2D eigenvalue weighted by molar-refractivity contribution is 5.71. The molecule has 1 heteroatoms. The van der Waals surface area contributed by atoms with Crippen molar-refractivity contribution in [1.82, 2.24) is 0 Å². The third-order valence-corrected chi connectivity index (χ3v) is 3.55. The molecule has 19 heavy (non-hydrogen) atoms. The number of phenolic OH excluding ortho intramolecular Hbond substituents is 1. The Morgan fingerprint density at radius 2 is 1.42 bits per heavy atom. The fourth-order valence-corrected chi connectivity index (χ4v) is 2.22. The van der Waals surface area contributed by atoms with Crippen molar-refractivity contribution in [2.24, 2.45) is 0 Å². The van der Waals surface area contributed by atoms with Crippen LogP contribution >= 0.6 is 0 Å². The highest BCUT2D eigenvalue weighted by Crippen LogP contribution is 2.33. The summed E-state index contributed by atoms with van der Waals surface area (Å²) in [7, 11) is 0. The number of phenols is 1. The maximum atomic E-state index is 10.2. The summed E-state index contributed by atoms with van der Waals surface area (Å²) in [5, 5.41) is 10.2. The summed E-state index contributed by atoms with van der Waals surface area (Å²) in [6.07, 6.45) is 0. The quantitative estimate of drug-likeness (QED) is 0.787. The van der Waals surface area contributed by atoms with E-state index in [1.165, 1.54) is 11.1 Å². The first-order valence-electron chi connectivity index (χ1n) is 6.92. The SMILES string of the molecule is CC(C)c1cccc(-c2ccc(C(C)C)cc2O)c1. The number of rotatable bonds is 3. The average Bonchev–Trinajstić information content (AvgIpc) is 2.38. The zero-order valence-electron chi connectivity index (χ0n) is 12.1. The molecule has 0 radical (unpaired) electrons. The van der Waals surface area contributed by atoms with E-state index in [-0.39, 0.29) is 0 Å². The highest BCUT2D eigenvalue weighted by atomic mass is 16.3. The average molecular weight is 254 g/mol. The predicted octanol–water partition coefficient (Wildman–Crippen LogP) is 5.31. The molecule has 0 heterocycles. The number of aromatic hydroxyl groups is 1. The fraction of sp³-hybridized carbons (Fsp3) is 0.333. The van der Waals surface area contributed by atoms with Gasteiger partial charge in [-0.25, -0.2) is 0 Å². The van der Waals surface area contributed by atoms with Crippen LogP contribution in [-0.2, 0) is 0 Å². The van der Waals surface area contributed by atoms with Crippen molar-refractivity contribution in [3.8, 4) is 16.9 Å². The molecule has 2 aromatic rings. The van der Waals surface area contributed by atoms with E-state index in [0.29, 0.717) is 17.6 Å². The standard InChI is InChI=1S/C18H22O/c1-12(2)14-6-5-7-16(10-14)17-9-8-15(13(3)4)11-18(17)19/h5-13,19H,1-4H3. The monoisotopic (exact) mass is 254 g/mol. The maximum absolute atomic E-state index is 10.2. The van der Waals surface area contributed by atoms with Gasteiger partial charge in [-0.2, -0.15) is 0 Å². The summed E-state index contributed by atoms with van der Waals surface area (Å²) in [4.78, 5) is 0. The first kappa shape index (κ1) is 13.7. The normalized spacial score (nSPS) is 11.3. The van der Waals surface area contributed by atoms with Gasteiger partial charge in [-0.15, -0.1) is 0 Å². The van der Waals surface area contributed by atoms with E-state index in [9.17, 15) is 5.11 Å². The van der Waals surface area contributed by atoms with Crippen LogP contribution in [0.4, 0.5) is 0 Å². The van der Waals surface area contributed by atoms with Crippen molar-refractivity contribution in [2.45, 2.75) is 39.5 Å². The topological polar surface area (TPSA) is 20.2 Å². The number of hydrogen-bond acceptors (Lipinski definition) is 1. The number of benzene rings is 2. The lowest BCUT2D eigenvalue weighted by molar-refractivity contribution is 0.476. The Balaban J connectivity index is 2.44. The summed E-state index contributed by atoms with van der Waals surface area (Å²) in [6.45, 7) is 8.63. The van der Waals surface area contributed by atoms with Gasteiger partial charge in [0.25, 0.3) is 0 Å². The molecular formula is C18H22O. The molecule has 0 fully saturated rings. The van der Waals surface area contributed by atoms with Crippen LogP contribution in [0.25, 0.3) is 11.1 Å². The van der Waals surface area contributed by atoms with Crippen molar-refractivity contribution in [2.75, 3.05) is 0 Å². The third kappa shape index (κ3) is 2.98. The van der Waals surface area contributed by atoms with Crippen LogP contribution in [0.3, 0.4) is 0 Å².